The van der Waals surface area contributed by atoms with Crippen molar-refractivity contribution in [2.45, 2.75) is 26.4 Å². The van der Waals surface area contributed by atoms with E-state index in [0.29, 0.717) is 26.2 Å². The summed E-state index contributed by atoms with van der Waals surface area (Å²) in [7, 11) is 0. The minimum Gasteiger partial charge on any atom is -0.444 e. The first-order valence-corrected chi connectivity index (χ1v) is 11.7. The van der Waals surface area contributed by atoms with Crippen molar-refractivity contribution in [3.8, 4) is 5.69 Å². The number of piperazine rings is 1. The van der Waals surface area contributed by atoms with Gasteiger partial charge in [0, 0.05) is 37.8 Å². The van der Waals surface area contributed by atoms with Gasteiger partial charge in [0.15, 0.2) is 5.82 Å². The molecule has 35 heavy (non-hydrogen) atoms. The summed E-state index contributed by atoms with van der Waals surface area (Å²) in [5.74, 6) is 1.47. The molecule has 1 fully saturated rings. The summed E-state index contributed by atoms with van der Waals surface area (Å²) in [6.07, 6.45) is 5.15. The van der Waals surface area contributed by atoms with Crippen LogP contribution in [0.15, 0.2) is 67.1 Å². The molecular weight excluding hydrogens is 442 g/mol. The Balaban J connectivity index is 1.37. The molecule has 9 heteroatoms. The Morgan fingerprint density at radius 3 is 2.46 bits per heavy atom. The Kier molecular flexibility index (Phi) is 5.98. The summed E-state index contributed by atoms with van der Waals surface area (Å²) in [6, 6.07) is 15.9. The zero-order chi connectivity index (χ0) is 24.4. The number of nitrogens with one attached hydrogen (secondary N) is 1. The number of carbonyl (C=O) groups excluding carboxylic acids is 1. The maximum atomic E-state index is 12.4. The Labute approximate surface area is 204 Å². The molecule has 0 unspecified atom stereocenters. The van der Waals surface area contributed by atoms with Crippen molar-refractivity contribution >= 4 is 34.3 Å². The predicted molar refractivity (Wildman–Crippen MR) is 136 cm³/mol. The second-order valence-electron chi connectivity index (χ2n) is 9.47. The molecule has 1 aliphatic heterocycles. The highest BCUT2D eigenvalue weighted by Gasteiger charge is 2.26. The monoisotopic (exact) mass is 471 g/mol. The molecule has 4 heterocycles. The van der Waals surface area contributed by atoms with E-state index in [9.17, 15) is 4.79 Å². The van der Waals surface area contributed by atoms with Gasteiger partial charge in [0.05, 0.1) is 29.3 Å². The maximum Gasteiger partial charge on any atom is 0.410 e. The fourth-order valence-electron chi connectivity index (χ4n) is 4.09. The topological polar surface area (TPSA) is 88.4 Å². The van der Waals surface area contributed by atoms with Crippen molar-refractivity contribution in [3.05, 3.63) is 67.1 Å². The van der Waals surface area contributed by atoms with Gasteiger partial charge in [-0.3, -0.25) is 4.98 Å². The van der Waals surface area contributed by atoms with Crippen molar-refractivity contribution in [2.75, 3.05) is 36.4 Å². The van der Waals surface area contributed by atoms with Gasteiger partial charge in [-0.25, -0.2) is 14.5 Å². The summed E-state index contributed by atoms with van der Waals surface area (Å²) in [6.45, 7) is 8.26. The molecule has 4 aromatic rings. The highest BCUT2D eigenvalue weighted by atomic mass is 16.6. The molecule has 0 spiro atoms. The quantitative estimate of drug-likeness (QED) is 0.465. The van der Waals surface area contributed by atoms with Crippen LogP contribution in [0.5, 0.6) is 0 Å². The second-order valence-corrected chi connectivity index (χ2v) is 9.47. The number of rotatable bonds is 4. The maximum absolute atomic E-state index is 12.4. The lowest BCUT2D eigenvalue weighted by atomic mass is 10.2. The minimum absolute atomic E-state index is 0.264. The fraction of sp³-hybridized carbons (Fsp3) is 0.308. The van der Waals surface area contributed by atoms with Gasteiger partial charge in [0.25, 0.3) is 0 Å². The van der Waals surface area contributed by atoms with Crippen LogP contribution in [0.25, 0.3) is 16.6 Å². The number of carbonyl (C=O) groups is 1. The lowest BCUT2D eigenvalue weighted by molar-refractivity contribution is 0.0240. The minimum atomic E-state index is -0.497. The van der Waals surface area contributed by atoms with Gasteiger partial charge < -0.3 is 19.9 Å². The number of para-hydroxylation sites is 1. The van der Waals surface area contributed by atoms with E-state index < -0.39 is 5.60 Å². The lowest BCUT2D eigenvalue weighted by Crippen LogP contribution is -2.50. The van der Waals surface area contributed by atoms with Crippen molar-refractivity contribution in [1.29, 1.82) is 0 Å². The Morgan fingerprint density at radius 2 is 1.71 bits per heavy atom. The molecule has 1 amide bonds. The first-order valence-electron chi connectivity index (χ1n) is 11.7. The average molecular weight is 472 g/mol. The number of pyridine rings is 2. The number of nitrogens with zero attached hydrogens (tertiary/aromatic N) is 6. The van der Waals surface area contributed by atoms with E-state index in [-0.39, 0.29) is 6.09 Å². The summed E-state index contributed by atoms with van der Waals surface area (Å²) in [5, 5.41) is 9.17. The molecule has 0 atom stereocenters. The molecule has 180 valence electrons. The number of benzene rings is 1. The zero-order valence-corrected chi connectivity index (χ0v) is 20.2. The second kappa shape index (κ2) is 9.25. The van der Waals surface area contributed by atoms with Crippen molar-refractivity contribution in [3.63, 3.8) is 0 Å². The summed E-state index contributed by atoms with van der Waals surface area (Å²) >= 11 is 0. The molecule has 3 aromatic heterocycles. The summed E-state index contributed by atoms with van der Waals surface area (Å²) < 4.78 is 7.41. The number of fused-ring (bicyclic) bond motifs is 1. The molecule has 1 saturated heterocycles. The van der Waals surface area contributed by atoms with Crippen LogP contribution in [-0.4, -0.2) is 62.5 Å². The average Bonchev–Trinajstić information content (AvgIpc) is 3.22. The number of hydrogen-bond donors (Lipinski definition) is 1. The molecule has 5 rings (SSSR count). The van der Waals surface area contributed by atoms with Gasteiger partial charge in [-0.15, -0.1) is 5.10 Å². The standard InChI is InChI=1S/C26H29N7O2/c1-26(2,3)35-25(34)32-14-12-31(13-15-32)19-16-20(18-27-17-19)33-22-9-5-4-8-21(22)24(30-33)29-23-10-6-7-11-28-23/h4-11,16-18H,12-15H2,1-3H3,(H,28,29,30). The van der Waals surface area contributed by atoms with E-state index >= 15 is 0 Å². The van der Waals surface area contributed by atoms with E-state index in [2.05, 4.69) is 26.3 Å². The van der Waals surface area contributed by atoms with Crippen LogP contribution < -0.4 is 10.2 Å². The third kappa shape index (κ3) is 5.03. The third-order valence-electron chi connectivity index (χ3n) is 5.75. The fourth-order valence-corrected chi connectivity index (χ4v) is 4.09. The smallest absolute Gasteiger partial charge is 0.410 e. The molecule has 0 bridgehead atoms. The zero-order valence-electron chi connectivity index (χ0n) is 20.2. The van der Waals surface area contributed by atoms with Gasteiger partial charge >= 0.3 is 6.09 Å². The number of ether oxygens (including phenoxy) is 1. The van der Waals surface area contributed by atoms with Crippen LogP contribution in [0, 0.1) is 0 Å². The van der Waals surface area contributed by atoms with Gasteiger partial charge in [-0.2, -0.15) is 0 Å². The van der Waals surface area contributed by atoms with Gasteiger partial charge in [-0.05, 0) is 51.1 Å². The SMILES string of the molecule is CC(C)(C)OC(=O)N1CCN(c2cncc(-n3nc(Nc4ccccn4)c4ccccc43)c2)CC1. The molecule has 1 aliphatic rings. The van der Waals surface area contributed by atoms with E-state index in [1.165, 1.54) is 0 Å². The molecular formula is C26H29N7O2. The third-order valence-corrected chi connectivity index (χ3v) is 5.75. The van der Waals surface area contributed by atoms with E-state index in [4.69, 9.17) is 9.84 Å². The summed E-state index contributed by atoms with van der Waals surface area (Å²) in [4.78, 5) is 25.3. The molecule has 0 saturated carbocycles. The Hall–Kier alpha value is -4.14. The highest BCUT2D eigenvalue weighted by Crippen LogP contribution is 2.28. The number of hydrogen-bond acceptors (Lipinski definition) is 7. The van der Waals surface area contributed by atoms with Crippen LogP contribution in [0.4, 0.5) is 22.1 Å². The Morgan fingerprint density at radius 1 is 0.971 bits per heavy atom. The van der Waals surface area contributed by atoms with E-state index in [1.54, 1.807) is 11.1 Å². The van der Waals surface area contributed by atoms with E-state index in [0.717, 1.165) is 33.9 Å². The van der Waals surface area contributed by atoms with Gasteiger partial charge in [0.1, 0.15) is 11.4 Å². The van der Waals surface area contributed by atoms with E-state index in [1.807, 2.05) is 80.3 Å². The van der Waals surface area contributed by atoms with Crippen LogP contribution in [0.2, 0.25) is 0 Å². The molecule has 1 aromatic carbocycles. The largest absolute Gasteiger partial charge is 0.444 e. The van der Waals surface area contributed by atoms with Crippen molar-refractivity contribution in [2.24, 2.45) is 0 Å². The first kappa shape index (κ1) is 22.6. The van der Waals surface area contributed by atoms with Crippen molar-refractivity contribution in [1.82, 2.24) is 24.6 Å². The van der Waals surface area contributed by atoms with Crippen molar-refractivity contribution < 1.29 is 9.53 Å². The van der Waals surface area contributed by atoms with Crippen LogP contribution in [-0.2, 0) is 4.74 Å². The molecule has 1 N–H and O–H groups in total. The highest BCUT2D eigenvalue weighted by molar-refractivity contribution is 5.92. The lowest BCUT2D eigenvalue weighted by Gasteiger charge is -2.36. The normalized spacial score (nSPS) is 14.3. The van der Waals surface area contributed by atoms with Crippen LogP contribution >= 0.6 is 0 Å². The number of amides is 1. The van der Waals surface area contributed by atoms with Gasteiger partial charge in [-0.1, -0.05) is 18.2 Å². The van der Waals surface area contributed by atoms with Gasteiger partial charge in [0.2, 0.25) is 0 Å². The first-order chi connectivity index (χ1) is 16.9. The summed E-state index contributed by atoms with van der Waals surface area (Å²) in [5.41, 5.74) is 2.33. The Bertz CT molecular complexity index is 1320. The number of aromatic nitrogens is 4. The van der Waals surface area contributed by atoms with Crippen LogP contribution in [0.1, 0.15) is 20.8 Å². The molecule has 0 radical (unpaired) electrons. The predicted octanol–water partition coefficient (Wildman–Crippen LogP) is 4.62. The van der Waals surface area contributed by atoms with Crippen LogP contribution in [0.3, 0.4) is 0 Å². The molecule has 9 nitrogen and oxygen atoms in total. The molecule has 0 aliphatic carbocycles. The number of anilines is 3.